The number of hydrogen-bond donors (Lipinski definition) is 2. The van der Waals surface area contributed by atoms with E-state index in [0.29, 0.717) is 12.2 Å². The molecule has 2 rings (SSSR count). The Hall–Kier alpha value is -1.18. The molecule has 0 saturated heterocycles. The lowest BCUT2D eigenvalue weighted by molar-refractivity contribution is 0.178. The van der Waals surface area contributed by atoms with Crippen LogP contribution in [0.4, 0.5) is 5.69 Å². The van der Waals surface area contributed by atoms with Crippen molar-refractivity contribution < 1.29 is 13.5 Å². The molecule has 1 aromatic heterocycles. The summed E-state index contributed by atoms with van der Waals surface area (Å²) in [6.07, 6.45) is 4.21. The van der Waals surface area contributed by atoms with Crippen molar-refractivity contribution in [2.24, 2.45) is 0 Å². The second kappa shape index (κ2) is 6.51. The number of sulfonamides is 1. The molecule has 1 aliphatic rings. The third-order valence-electron chi connectivity index (χ3n) is 3.49. The minimum Gasteiger partial charge on any atom is -0.395 e. The molecule has 1 saturated carbocycles. The van der Waals surface area contributed by atoms with E-state index in [1.165, 1.54) is 10.5 Å². The molecule has 0 aliphatic heterocycles. The summed E-state index contributed by atoms with van der Waals surface area (Å²) in [6.45, 7) is 2.46. The van der Waals surface area contributed by atoms with Gasteiger partial charge in [-0.3, -0.25) is 0 Å². The molecule has 1 fully saturated rings. The van der Waals surface area contributed by atoms with Gasteiger partial charge in [-0.05, 0) is 31.9 Å². The minimum absolute atomic E-state index is 0.0105. The first-order chi connectivity index (χ1) is 9.61. The van der Waals surface area contributed by atoms with Gasteiger partial charge in [0.2, 0.25) is 0 Å². The zero-order valence-corrected chi connectivity index (χ0v) is 12.4. The van der Waals surface area contributed by atoms with Crippen LogP contribution in [0.5, 0.6) is 0 Å². The fourth-order valence-corrected chi connectivity index (χ4v) is 4.06. The molecule has 6 nitrogen and oxygen atoms in total. The molecule has 0 aromatic carbocycles. The van der Waals surface area contributed by atoms with Crippen LogP contribution in [0.15, 0.2) is 23.4 Å². The second-order valence-corrected chi connectivity index (χ2v) is 6.62. The summed E-state index contributed by atoms with van der Waals surface area (Å²) in [5, 5.41) is 12.2. The average molecular weight is 299 g/mol. The molecule has 1 aliphatic carbocycles. The SMILES string of the molecule is CCNc1cccnc1S(=O)(=O)N(CCO)C1CCC1. The van der Waals surface area contributed by atoms with Gasteiger partial charge in [-0.1, -0.05) is 6.42 Å². The van der Waals surface area contributed by atoms with E-state index in [-0.39, 0.29) is 24.2 Å². The first kappa shape index (κ1) is 15.2. The fourth-order valence-electron chi connectivity index (χ4n) is 2.30. The summed E-state index contributed by atoms with van der Waals surface area (Å²) < 4.78 is 26.9. The number of aliphatic hydroxyl groups excluding tert-OH is 1. The second-order valence-electron chi connectivity index (χ2n) is 4.81. The van der Waals surface area contributed by atoms with E-state index in [9.17, 15) is 8.42 Å². The third-order valence-corrected chi connectivity index (χ3v) is 5.41. The number of hydrogen-bond acceptors (Lipinski definition) is 5. The normalized spacial score (nSPS) is 16.1. The van der Waals surface area contributed by atoms with Crippen LogP contribution in [-0.2, 0) is 10.0 Å². The Kier molecular flexibility index (Phi) is 4.95. The molecular weight excluding hydrogens is 278 g/mol. The van der Waals surface area contributed by atoms with Gasteiger partial charge in [0.15, 0.2) is 5.03 Å². The van der Waals surface area contributed by atoms with Gasteiger partial charge >= 0.3 is 0 Å². The van der Waals surface area contributed by atoms with Crippen molar-refractivity contribution in [3.05, 3.63) is 18.3 Å². The number of rotatable bonds is 7. The summed E-state index contributed by atoms with van der Waals surface area (Å²) in [7, 11) is -3.68. The van der Waals surface area contributed by atoms with Crippen LogP contribution < -0.4 is 5.32 Å². The largest absolute Gasteiger partial charge is 0.395 e. The van der Waals surface area contributed by atoms with Crippen LogP contribution in [0, 0.1) is 0 Å². The Morgan fingerprint density at radius 1 is 1.50 bits per heavy atom. The van der Waals surface area contributed by atoms with E-state index < -0.39 is 10.0 Å². The highest BCUT2D eigenvalue weighted by Crippen LogP contribution is 2.31. The quantitative estimate of drug-likeness (QED) is 0.786. The molecule has 112 valence electrons. The Morgan fingerprint density at radius 3 is 2.80 bits per heavy atom. The molecule has 2 N–H and O–H groups in total. The number of nitrogens with one attached hydrogen (secondary N) is 1. The molecule has 0 spiro atoms. The lowest BCUT2D eigenvalue weighted by Gasteiger charge is -2.36. The maximum Gasteiger partial charge on any atom is 0.262 e. The van der Waals surface area contributed by atoms with Crippen molar-refractivity contribution in [2.75, 3.05) is 25.0 Å². The first-order valence-corrected chi connectivity index (χ1v) is 8.37. The third kappa shape index (κ3) is 2.94. The van der Waals surface area contributed by atoms with Gasteiger partial charge in [0.1, 0.15) is 0 Å². The molecule has 1 aromatic rings. The van der Waals surface area contributed by atoms with E-state index in [4.69, 9.17) is 5.11 Å². The van der Waals surface area contributed by atoms with Gasteiger partial charge in [-0.2, -0.15) is 4.31 Å². The van der Waals surface area contributed by atoms with Crippen molar-refractivity contribution in [3.63, 3.8) is 0 Å². The van der Waals surface area contributed by atoms with Gasteiger partial charge in [-0.15, -0.1) is 0 Å². The van der Waals surface area contributed by atoms with Crippen molar-refractivity contribution >= 4 is 15.7 Å². The topological polar surface area (TPSA) is 82.5 Å². The van der Waals surface area contributed by atoms with Gasteiger partial charge in [0, 0.05) is 25.3 Å². The summed E-state index contributed by atoms with van der Waals surface area (Å²) in [6, 6.07) is 3.40. The minimum atomic E-state index is -3.68. The summed E-state index contributed by atoms with van der Waals surface area (Å²) in [5.41, 5.74) is 0.511. The molecular formula is C13H21N3O3S. The lowest BCUT2D eigenvalue weighted by atomic mass is 9.93. The Bertz CT molecular complexity index is 544. The summed E-state index contributed by atoms with van der Waals surface area (Å²) in [4.78, 5) is 4.04. The molecule has 0 bridgehead atoms. The zero-order valence-electron chi connectivity index (χ0n) is 11.6. The highest BCUT2D eigenvalue weighted by atomic mass is 32.2. The first-order valence-electron chi connectivity index (χ1n) is 6.92. The van der Waals surface area contributed by atoms with Crippen molar-refractivity contribution in [2.45, 2.75) is 37.3 Å². The smallest absolute Gasteiger partial charge is 0.262 e. The number of anilines is 1. The van der Waals surface area contributed by atoms with E-state index in [0.717, 1.165) is 19.3 Å². The molecule has 20 heavy (non-hydrogen) atoms. The maximum atomic E-state index is 12.8. The van der Waals surface area contributed by atoms with Crippen LogP contribution in [0.2, 0.25) is 0 Å². The number of aromatic nitrogens is 1. The zero-order chi connectivity index (χ0) is 14.6. The van der Waals surface area contributed by atoms with E-state index in [1.54, 1.807) is 12.1 Å². The molecule has 0 unspecified atom stereocenters. The maximum absolute atomic E-state index is 12.8. The predicted octanol–water partition coefficient (Wildman–Crippen LogP) is 1.05. The molecule has 0 radical (unpaired) electrons. The summed E-state index contributed by atoms with van der Waals surface area (Å²) in [5.74, 6) is 0. The number of pyridine rings is 1. The standard InChI is InChI=1S/C13H21N3O3S/c1-2-14-12-7-4-8-15-13(12)20(18,19)16(9-10-17)11-5-3-6-11/h4,7-8,11,14,17H,2-3,5-6,9-10H2,1H3. The molecule has 1 heterocycles. The van der Waals surface area contributed by atoms with Crippen molar-refractivity contribution in [1.82, 2.24) is 9.29 Å². The number of aliphatic hydroxyl groups is 1. The van der Waals surface area contributed by atoms with Gasteiger partial charge in [0.05, 0.1) is 12.3 Å². The van der Waals surface area contributed by atoms with Crippen LogP contribution in [0.1, 0.15) is 26.2 Å². The predicted molar refractivity (Wildman–Crippen MR) is 77.0 cm³/mol. The molecule has 0 atom stereocenters. The Balaban J connectivity index is 2.36. The monoisotopic (exact) mass is 299 g/mol. The molecule has 0 amide bonds. The molecule has 7 heteroatoms. The van der Waals surface area contributed by atoms with Crippen molar-refractivity contribution in [1.29, 1.82) is 0 Å². The van der Waals surface area contributed by atoms with E-state index in [2.05, 4.69) is 10.3 Å². The highest BCUT2D eigenvalue weighted by molar-refractivity contribution is 7.89. The van der Waals surface area contributed by atoms with Crippen LogP contribution in [0.25, 0.3) is 0 Å². The number of nitrogens with zero attached hydrogens (tertiary/aromatic N) is 2. The van der Waals surface area contributed by atoms with Crippen LogP contribution >= 0.6 is 0 Å². The summed E-state index contributed by atoms with van der Waals surface area (Å²) >= 11 is 0. The van der Waals surface area contributed by atoms with E-state index >= 15 is 0 Å². The van der Waals surface area contributed by atoms with Crippen LogP contribution in [0.3, 0.4) is 0 Å². The average Bonchev–Trinajstić information content (AvgIpc) is 2.37. The fraction of sp³-hybridized carbons (Fsp3) is 0.615. The Labute approximate surface area is 119 Å². The Morgan fingerprint density at radius 2 is 2.25 bits per heavy atom. The lowest BCUT2D eigenvalue weighted by Crippen LogP contribution is -2.45. The highest BCUT2D eigenvalue weighted by Gasteiger charge is 2.36. The van der Waals surface area contributed by atoms with Gasteiger partial charge in [0.25, 0.3) is 10.0 Å². The van der Waals surface area contributed by atoms with Gasteiger partial charge < -0.3 is 10.4 Å². The van der Waals surface area contributed by atoms with Crippen molar-refractivity contribution in [3.8, 4) is 0 Å². The van der Waals surface area contributed by atoms with E-state index in [1.807, 2.05) is 6.92 Å². The van der Waals surface area contributed by atoms with Gasteiger partial charge in [-0.25, -0.2) is 13.4 Å². The van der Waals surface area contributed by atoms with Crippen LogP contribution in [-0.4, -0.2) is 48.6 Å².